The lowest BCUT2D eigenvalue weighted by Gasteiger charge is -2.35. The Hall–Kier alpha value is -2.96. The molecule has 4 rings (SSSR count). The lowest BCUT2D eigenvalue weighted by atomic mass is 9.89. The number of urea groups is 1. The Kier molecular flexibility index (Phi) is 4.98. The Bertz CT molecular complexity index is 910. The highest BCUT2D eigenvalue weighted by atomic mass is 19.1. The van der Waals surface area contributed by atoms with Gasteiger partial charge < -0.3 is 15.1 Å². The SMILES string of the molecule is O=C(CN1Cc2cc(F)ccc2NC1=O)N1CCC(c2cccc(F)c2)CC1. The third-order valence-electron chi connectivity index (χ3n) is 5.45. The topological polar surface area (TPSA) is 52.7 Å². The van der Waals surface area contributed by atoms with Crippen molar-refractivity contribution in [3.63, 3.8) is 0 Å². The molecule has 2 aliphatic heterocycles. The molecule has 0 saturated carbocycles. The van der Waals surface area contributed by atoms with Crippen LogP contribution < -0.4 is 5.32 Å². The summed E-state index contributed by atoms with van der Waals surface area (Å²) in [6, 6.07) is 10.4. The predicted octanol–water partition coefficient (Wildman–Crippen LogP) is 3.72. The van der Waals surface area contributed by atoms with E-state index in [1.54, 1.807) is 17.0 Å². The Balaban J connectivity index is 1.35. The summed E-state index contributed by atoms with van der Waals surface area (Å²) in [5.41, 5.74) is 2.18. The fraction of sp³-hybridized carbons (Fsp3) is 0.333. The number of amides is 3. The summed E-state index contributed by atoms with van der Waals surface area (Å²) >= 11 is 0. The van der Waals surface area contributed by atoms with Crippen molar-refractivity contribution >= 4 is 17.6 Å². The van der Waals surface area contributed by atoms with Crippen molar-refractivity contribution in [2.45, 2.75) is 25.3 Å². The number of nitrogens with one attached hydrogen (secondary N) is 1. The molecule has 2 aromatic carbocycles. The van der Waals surface area contributed by atoms with E-state index >= 15 is 0 Å². The number of carbonyl (C=O) groups is 2. The first-order valence-electron chi connectivity index (χ1n) is 9.37. The van der Waals surface area contributed by atoms with Crippen LogP contribution in [0.3, 0.4) is 0 Å². The molecule has 0 atom stereocenters. The molecule has 0 aromatic heterocycles. The van der Waals surface area contributed by atoms with Crippen LogP contribution in [0.1, 0.15) is 29.9 Å². The average molecular weight is 385 g/mol. The highest BCUT2D eigenvalue weighted by Gasteiger charge is 2.29. The monoisotopic (exact) mass is 385 g/mol. The maximum atomic E-state index is 13.4. The van der Waals surface area contributed by atoms with Crippen molar-refractivity contribution in [2.75, 3.05) is 25.0 Å². The Morgan fingerprint density at radius 3 is 2.57 bits per heavy atom. The van der Waals surface area contributed by atoms with Crippen LogP contribution in [0.15, 0.2) is 42.5 Å². The molecule has 146 valence electrons. The zero-order valence-corrected chi connectivity index (χ0v) is 15.3. The Morgan fingerprint density at radius 1 is 1.07 bits per heavy atom. The number of carbonyl (C=O) groups excluding carboxylic acids is 2. The number of likely N-dealkylation sites (tertiary alicyclic amines) is 1. The Labute approximate surface area is 161 Å². The van der Waals surface area contributed by atoms with E-state index in [1.807, 2.05) is 6.07 Å². The molecule has 0 radical (unpaired) electrons. The summed E-state index contributed by atoms with van der Waals surface area (Å²) < 4.78 is 26.9. The summed E-state index contributed by atoms with van der Waals surface area (Å²) in [6.45, 7) is 1.29. The number of halogens is 2. The van der Waals surface area contributed by atoms with E-state index in [1.165, 1.54) is 29.2 Å². The van der Waals surface area contributed by atoms with Gasteiger partial charge in [0.05, 0.1) is 6.54 Å². The molecular formula is C21H21F2N3O2. The second-order valence-electron chi connectivity index (χ2n) is 7.30. The van der Waals surface area contributed by atoms with Crippen LogP contribution in [0.5, 0.6) is 0 Å². The first-order chi connectivity index (χ1) is 13.5. The predicted molar refractivity (Wildman–Crippen MR) is 101 cm³/mol. The summed E-state index contributed by atoms with van der Waals surface area (Å²) in [5.74, 6) is -0.523. The fourth-order valence-corrected chi connectivity index (χ4v) is 3.90. The third kappa shape index (κ3) is 3.83. The molecule has 28 heavy (non-hydrogen) atoms. The van der Waals surface area contributed by atoms with E-state index in [4.69, 9.17) is 0 Å². The van der Waals surface area contributed by atoms with E-state index in [-0.39, 0.29) is 42.6 Å². The number of rotatable bonds is 3. The molecule has 1 saturated heterocycles. The highest BCUT2D eigenvalue weighted by Crippen LogP contribution is 2.29. The molecule has 0 aliphatic carbocycles. The van der Waals surface area contributed by atoms with Gasteiger partial charge in [-0.15, -0.1) is 0 Å². The number of hydrogen-bond donors (Lipinski definition) is 1. The summed E-state index contributed by atoms with van der Waals surface area (Å²) in [7, 11) is 0. The second-order valence-corrected chi connectivity index (χ2v) is 7.30. The summed E-state index contributed by atoms with van der Waals surface area (Å²) in [5, 5.41) is 2.69. The molecule has 2 heterocycles. The minimum atomic E-state index is -0.374. The average Bonchev–Trinajstić information content (AvgIpc) is 2.69. The first kappa shape index (κ1) is 18.4. The first-order valence-corrected chi connectivity index (χ1v) is 9.37. The molecule has 1 N–H and O–H groups in total. The Morgan fingerprint density at radius 2 is 1.82 bits per heavy atom. The van der Waals surface area contributed by atoms with Crippen LogP contribution >= 0.6 is 0 Å². The molecule has 0 unspecified atom stereocenters. The van der Waals surface area contributed by atoms with Gasteiger partial charge in [0.1, 0.15) is 18.2 Å². The lowest BCUT2D eigenvalue weighted by Crippen LogP contribution is -2.47. The van der Waals surface area contributed by atoms with E-state index < -0.39 is 0 Å². The number of anilines is 1. The molecular weight excluding hydrogens is 364 g/mol. The molecule has 2 aliphatic rings. The third-order valence-corrected chi connectivity index (χ3v) is 5.45. The molecule has 5 nitrogen and oxygen atoms in total. The van der Waals surface area contributed by atoms with Crippen LogP contribution in [0.4, 0.5) is 19.3 Å². The summed E-state index contributed by atoms with van der Waals surface area (Å²) in [6.07, 6.45) is 1.52. The molecule has 1 fully saturated rings. The molecule has 0 spiro atoms. The van der Waals surface area contributed by atoms with Crippen molar-refractivity contribution in [1.29, 1.82) is 0 Å². The standard InChI is InChI=1S/C21H21F2N3O2/c22-17-3-1-2-15(10-17)14-6-8-25(9-7-14)20(27)13-26-12-16-11-18(23)4-5-19(16)24-21(26)28/h1-5,10-11,14H,6-9,12-13H2,(H,24,28). The quantitative estimate of drug-likeness (QED) is 0.876. The molecule has 2 aromatic rings. The molecule has 0 bridgehead atoms. The zero-order valence-electron chi connectivity index (χ0n) is 15.3. The van der Waals surface area contributed by atoms with E-state index in [0.717, 1.165) is 18.4 Å². The van der Waals surface area contributed by atoms with Crippen LogP contribution in [0.25, 0.3) is 0 Å². The zero-order chi connectivity index (χ0) is 19.7. The maximum absolute atomic E-state index is 13.4. The van der Waals surface area contributed by atoms with Gasteiger partial charge in [0.25, 0.3) is 0 Å². The number of nitrogens with zero attached hydrogens (tertiary/aromatic N) is 2. The van der Waals surface area contributed by atoms with Gasteiger partial charge >= 0.3 is 6.03 Å². The minimum absolute atomic E-state index is 0.0492. The van der Waals surface area contributed by atoms with Crippen molar-refractivity contribution in [3.8, 4) is 0 Å². The minimum Gasteiger partial charge on any atom is -0.341 e. The van der Waals surface area contributed by atoms with Crippen LogP contribution in [0, 0.1) is 11.6 Å². The largest absolute Gasteiger partial charge is 0.341 e. The number of hydrogen-bond acceptors (Lipinski definition) is 2. The lowest BCUT2D eigenvalue weighted by molar-refractivity contribution is -0.132. The number of fused-ring (bicyclic) bond motifs is 1. The maximum Gasteiger partial charge on any atom is 0.322 e. The highest BCUT2D eigenvalue weighted by molar-refractivity contribution is 5.94. The van der Waals surface area contributed by atoms with E-state index in [9.17, 15) is 18.4 Å². The normalized spacial score (nSPS) is 17.3. The van der Waals surface area contributed by atoms with Gasteiger partial charge in [-0.2, -0.15) is 0 Å². The smallest absolute Gasteiger partial charge is 0.322 e. The van der Waals surface area contributed by atoms with E-state index in [2.05, 4.69) is 5.32 Å². The van der Waals surface area contributed by atoms with Crippen molar-refractivity contribution < 1.29 is 18.4 Å². The molecule has 7 heteroatoms. The van der Waals surface area contributed by atoms with Crippen molar-refractivity contribution in [1.82, 2.24) is 9.80 Å². The van der Waals surface area contributed by atoms with Crippen LogP contribution in [-0.4, -0.2) is 41.4 Å². The summed E-state index contributed by atoms with van der Waals surface area (Å²) in [4.78, 5) is 28.0. The van der Waals surface area contributed by atoms with Crippen molar-refractivity contribution in [3.05, 3.63) is 65.2 Å². The molecule has 3 amide bonds. The van der Waals surface area contributed by atoms with Gasteiger partial charge in [0.2, 0.25) is 5.91 Å². The van der Waals surface area contributed by atoms with Gasteiger partial charge in [-0.05, 0) is 60.2 Å². The van der Waals surface area contributed by atoms with E-state index in [0.29, 0.717) is 24.3 Å². The van der Waals surface area contributed by atoms with Crippen LogP contribution in [0.2, 0.25) is 0 Å². The number of benzene rings is 2. The number of piperidine rings is 1. The van der Waals surface area contributed by atoms with Crippen LogP contribution in [-0.2, 0) is 11.3 Å². The van der Waals surface area contributed by atoms with Gasteiger partial charge in [-0.25, -0.2) is 13.6 Å². The second kappa shape index (κ2) is 7.58. The van der Waals surface area contributed by atoms with Gasteiger partial charge in [0.15, 0.2) is 0 Å². The van der Waals surface area contributed by atoms with Crippen molar-refractivity contribution in [2.24, 2.45) is 0 Å². The fourth-order valence-electron chi connectivity index (χ4n) is 3.90. The van der Waals surface area contributed by atoms with Gasteiger partial charge in [0, 0.05) is 18.8 Å². The van der Waals surface area contributed by atoms with Gasteiger partial charge in [-0.3, -0.25) is 4.79 Å². The van der Waals surface area contributed by atoms with Gasteiger partial charge in [-0.1, -0.05) is 12.1 Å².